The van der Waals surface area contributed by atoms with Gasteiger partial charge in [-0.05, 0) is 12.1 Å². The maximum absolute atomic E-state index is 10.3. The molecule has 0 aromatic carbocycles. The number of carboxylic acids is 1. The average Bonchev–Trinajstić information content (AvgIpc) is 2.33. The van der Waals surface area contributed by atoms with Crippen molar-refractivity contribution in [3.05, 3.63) is 23.7 Å². The summed E-state index contributed by atoms with van der Waals surface area (Å²) in [5.41, 5.74) is 0. The number of carboxylic acid groups (broad SMARTS) is 1. The predicted molar refractivity (Wildman–Crippen MR) is 33.6 cm³/mol. The quantitative estimate of drug-likeness (QED) is 0.604. The van der Waals surface area contributed by atoms with E-state index in [1.54, 1.807) is 0 Å². The minimum atomic E-state index is -1.25. The van der Waals surface area contributed by atoms with Crippen molar-refractivity contribution >= 4 is 11.9 Å². The van der Waals surface area contributed by atoms with E-state index in [9.17, 15) is 9.59 Å². The largest absolute Gasteiger partial charge is 0.584 e. The molecule has 5 nitrogen and oxygen atoms in total. The van der Waals surface area contributed by atoms with E-state index >= 15 is 0 Å². The highest BCUT2D eigenvalue weighted by Gasteiger charge is 2.18. The van der Waals surface area contributed by atoms with Crippen LogP contribution in [0, 0.1) is 0 Å². The van der Waals surface area contributed by atoms with Gasteiger partial charge >= 0.3 is 11.9 Å². The minimum absolute atomic E-state index is 0.262. The molecule has 1 aromatic heterocycles. The van der Waals surface area contributed by atoms with E-state index in [1.165, 1.54) is 0 Å². The van der Waals surface area contributed by atoms with Crippen molar-refractivity contribution in [2.75, 3.05) is 0 Å². The first kappa shape index (κ1) is 7.33. The second kappa shape index (κ2) is 2.45. The highest BCUT2D eigenvalue weighted by molar-refractivity contribution is 5.88. The van der Waals surface area contributed by atoms with Crippen LogP contribution in [-0.4, -0.2) is 22.2 Å². The Kier molecular flexibility index (Phi) is 1.63. The highest BCUT2D eigenvalue weighted by atomic mass is 16.4. The molecule has 0 spiro atoms. The first-order valence-corrected chi connectivity index (χ1v) is 2.70. The highest BCUT2D eigenvalue weighted by Crippen LogP contribution is 2.06. The summed E-state index contributed by atoms with van der Waals surface area (Å²) in [7, 11) is 0. The Hall–Kier alpha value is -1.78. The van der Waals surface area contributed by atoms with Crippen LogP contribution in [-0.2, 0) is 0 Å². The van der Waals surface area contributed by atoms with Crippen molar-refractivity contribution in [1.29, 1.82) is 0 Å². The standard InChI is InChI=1S/C6H4O5/c7-5(8)3-1-2-4(11-3)6(9)10/h1-2H,(H,7,8)(H,9,10)/p+1. The van der Waals surface area contributed by atoms with Crippen LogP contribution in [0.3, 0.4) is 0 Å². The molecule has 1 heterocycles. The molecule has 0 bridgehead atoms. The minimum Gasteiger partial charge on any atom is -0.559 e. The van der Waals surface area contributed by atoms with Gasteiger partial charge in [0.2, 0.25) is 5.76 Å². The summed E-state index contributed by atoms with van der Waals surface area (Å²) in [4.78, 5) is 20.4. The lowest BCUT2D eigenvalue weighted by molar-refractivity contribution is 0.0632. The number of carbonyl (C=O) groups excluding carboxylic acids is 1. The van der Waals surface area contributed by atoms with Gasteiger partial charge in [0.15, 0.2) is 0 Å². The maximum atomic E-state index is 10.3. The average molecular weight is 157 g/mol. The zero-order chi connectivity index (χ0) is 8.43. The number of hydrogen-bond donors (Lipinski definition) is 1. The van der Waals surface area contributed by atoms with E-state index in [4.69, 9.17) is 10.2 Å². The van der Waals surface area contributed by atoms with Crippen LogP contribution in [0.4, 0.5) is 0 Å². The molecule has 0 saturated carbocycles. The lowest BCUT2D eigenvalue weighted by Crippen LogP contribution is -1.94. The normalized spacial score (nSPS) is 9.45. The van der Waals surface area contributed by atoms with Crippen LogP contribution in [0.2, 0.25) is 0 Å². The van der Waals surface area contributed by atoms with E-state index in [1.807, 2.05) is 0 Å². The molecule has 1 rings (SSSR count). The molecule has 0 unspecified atom stereocenters. The van der Waals surface area contributed by atoms with Crippen LogP contribution in [0.1, 0.15) is 21.1 Å². The monoisotopic (exact) mass is 157 g/mol. The number of rotatable bonds is 2. The van der Waals surface area contributed by atoms with Crippen molar-refractivity contribution < 1.29 is 24.2 Å². The summed E-state index contributed by atoms with van der Waals surface area (Å²) in [5.74, 6) is -2.88. The van der Waals surface area contributed by atoms with Gasteiger partial charge in [0.1, 0.15) is 0 Å². The molecule has 58 valence electrons. The van der Waals surface area contributed by atoms with Gasteiger partial charge in [0, 0.05) is 0 Å². The van der Waals surface area contributed by atoms with Gasteiger partial charge in [0.05, 0.1) is 4.79 Å². The molecule has 0 radical (unpaired) electrons. The zero-order valence-corrected chi connectivity index (χ0v) is 5.33. The third-order valence-electron chi connectivity index (χ3n) is 1.04. The molecular weight excluding hydrogens is 152 g/mol. The second-order valence-electron chi connectivity index (χ2n) is 1.80. The van der Waals surface area contributed by atoms with Crippen molar-refractivity contribution in [2.45, 2.75) is 0 Å². The van der Waals surface area contributed by atoms with Crippen LogP contribution < -0.4 is 0 Å². The van der Waals surface area contributed by atoms with Crippen molar-refractivity contribution in [3.63, 3.8) is 0 Å². The van der Waals surface area contributed by atoms with Gasteiger partial charge in [-0.15, -0.1) is 0 Å². The van der Waals surface area contributed by atoms with E-state index in [2.05, 4.69) is 4.42 Å². The molecule has 0 aliphatic rings. The first-order valence-electron chi connectivity index (χ1n) is 2.70. The molecule has 3 N–H and O–H groups in total. The van der Waals surface area contributed by atoms with Crippen LogP contribution in [0.5, 0.6) is 0 Å². The molecule has 0 aliphatic carbocycles. The topological polar surface area (TPSA) is 90.4 Å². The predicted octanol–water partition coefficient (Wildman–Crippen LogP) is -0.157. The Morgan fingerprint density at radius 3 is 2.18 bits per heavy atom. The van der Waals surface area contributed by atoms with Crippen LogP contribution in [0.25, 0.3) is 0 Å². The summed E-state index contributed by atoms with van der Waals surface area (Å²) >= 11 is 0. The molecule has 0 atom stereocenters. The summed E-state index contributed by atoms with van der Waals surface area (Å²) in [6.45, 7) is 0. The van der Waals surface area contributed by atoms with E-state index in [0.29, 0.717) is 0 Å². The first-order chi connectivity index (χ1) is 5.11. The van der Waals surface area contributed by atoms with Gasteiger partial charge in [-0.25, -0.2) is 4.79 Å². The number of hydrogen-bond acceptors (Lipinski definition) is 3. The maximum Gasteiger partial charge on any atom is 0.584 e. The van der Waals surface area contributed by atoms with Crippen LogP contribution in [0.15, 0.2) is 16.5 Å². The smallest absolute Gasteiger partial charge is 0.559 e. The fourth-order valence-corrected chi connectivity index (χ4v) is 0.575. The lowest BCUT2D eigenvalue weighted by Gasteiger charge is -1.81. The molecule has 5 heteroatoms. The zero-order valence-electron chi connectivity index (χ0n) is 5.33. The molecular formula is C6H5O5+. The Balaban J connectivity index is 2.99. The van der Waals surface area contributed by atoms with Gasteiger partial charge in [-0.2, -0.15) is 0 Å². The third-order valence-corrected chi connectivity index (χ3v) is 1.04. The summed E-state index contributed by atoms with van der Waals surface area (Å²) in [6.07, 6.45) is 0. The Labute approximate surface area is 60.9 Å². The van der Waals surface area contributed by atoms with Crippen LogP contribution >= 0.6 is 0 Å². The Bertz CT molecular complexity index is 269. The molecule has 0 saturated heterocycles. The van der Waals surface area contributed by atoms with E-state index in [0.717, 1.165) is 12.1 Å². The van der Waals surface area contributed by atoms with E-state index in [-0.39, 0.29) is 11.5 Å². The third kappa shape index (κ3) is 1.37. The SMILES string of the molecule is O=C(O)c1ccc(C(=O)[OH2+])o1. The lowest BCUT2D eigenvalue weighted by atomic mass is 10.4. The van der Waals surface area contributed by atoms with Gasteiger partial charge < -0.3 is 14.6 Å². The van der Waals surface area contributed by atoms with Crippen molar-refractivity contribution in [1.82, 2.24) is 0 Å². The fraction of sp³-hybridized carbons (Fsp3) is 0. The van der Waals surface area contributed by atoms with Gasteiger partial charge in [0.25, 0.3) is 5.76 Å². The summed E-state index contributed by atoms with van der Waals surface area (Å²) in [5, 5.41) is 14.9. The van der Waals surface area contributed by atoms with Gasteiger partial charge in [-0.1, -0.05) is 0 Å². The Morgan fingerprint density at radius 2 is 1.91 bits per heavy atom. The molecule has 0 fully saturated rings. The number of carbonyl (C=O) groups is 2. The number of aromatic carboxylic acids is 1. The van der Waals surface area contributed by atoms with Crippen molar-refractivity contribution in [2.24, 2.45) is 0 Å². The summed E-state index contributed by atoms with van der Waals surface area (Å²) in [6, 6.07) is 2.28. The Morgan fingerprint density at radius 1 is 1.36 bits per heavy atom. The van der Waals surface area contributed by atoms with Crippen molar-refractivity contribution in [3.8, 4) is 0 Å². The molecule has 0 aliphatic heterocycles. The van der Waals surface area contributed by atoms with E-state index < -0.39 is 11.9 Å². The molecule has 11 heavy (non-hydrogen) atoms. The van der Waals surface area contributed by atoms with Gasteiger partial charge in [-0.3, -0.25) is 0 Å². The molecule has 1 aromatic rings. The second-order valence-corrected chi connectivity index (χ2v) is 1.80. The summed E-state index contributed by atoms with van der Waals surface area (Å²) < 4.78 is 4.47. The number of furan rings is 1. The fourth-order valence-electron chi connectivity index (χ4n) is 0.575. The molecule has 0 amide bonds.